The first kappa shape index (κ1) is 13.8. The summed E-state index contributed by atoms with van der Waals surface area (Å²) in [5.41, 5.74) is -0.268. The second-order valence-corrected chi connectivity index (χ2v) is 6.42. The van der Waals surface area contributed by atoms with E-state index in [-0.39, 0.29) is 5.54 Å². The van der Waals surface area contributed by atoms with Crippen LogP contribution < -0.4 is 5.32 Å². The van der Waals surface area contributed by atoms with Gasteiger partial charge in [-0.1, -0.05) is 6.92 Å². The van der Waals surface area contributed by atoms with Crippen molar-refractivity contribution in [3.63, 3.8) is 0 Å². The molecule has 2 unspecified atom stereocenters. The van der Waals surface area contributed by atoms with Crippen LogP contribution >= 0.6 is 0 Å². The molecule has 102 valence electrons. The molecule has 0 aromatic heterocycles. The van der Waals surface area contributed by atoms with Gasteiger partial charge >= 0.3 is 0 Å². The van der Waals surface area contributed by atoms with Crippen LogP contribution in [-0.2, 0) is 0 Å². The molecule has 0 aliphatic heterocycles. The number of rotatable bonds is 6. The van der Waals surface area contributed by atoms with Crippen molar-refractivity contribution in [1.82, 2.24) is 10.2 Å². The molecule has 2 atom stereocenters. The highest BCUT2D eigenvalue weighted by molar-refractivity contribution is 5.14. The molecule has 0 amide bonds. The van der Waals surface area contributed by atoms with E-state index < -0.39 is 0 Å². The van der Waals surface area contributed by atoms with Crippen molar-refractivity contribution < 1.29 is 0 Å². The monoisotopic (exact) mass is 249 g/mol. The van der Waals surface area contributed by atoms with E-state index in [1.54, 1.807) is 0 Å². The molecule has 0 bridgehead atoms. The molecule has 18 heavy (non-hydrogen) atoms. The molecule has 0 saturated heterocycles. The second-order valence-electron chi connectivity index (χ2n) is 6.42. The molecule has 0 heterocycles. The van der Waals surface area contributed by atoms with Gasteiger partial charge in [0.25, 0.3) is 0 Å². The third-order valence-electron chi connectivity index (χ3n) is 4.38. The van der Waals surface area contributed by atoms with Crippen LogP contribution in [0.5, 0.6) is 0 Å². The fraction of sp³-hybridized carbons (Fsp3) is 0.933. The predicted octanol–water partition coefficient (Wildman–Crippen LogP) is 2.53. The summed E-state index contributed by atoms with van der Waals surface area (Å²) < 4.78 is 0. The van der Waals surface area contributed by atoms with Gasteiger partial charge in [0.05, 0.1) is 6.07 Å². The summed E-state index contributed by atoms with van der Waals surface area (Å²) in [5, 5.41) is 13.0. The molecule has 2 saturated carbocycles. The van der Waals surface area contributed by atoms with Gasteiger partial charge in [-0.3, -0.25) is 5.32 Å². The van der Waals surface area contributed by atoms with Gasteiger partial charge in [-0.2, -0.15) is 5.26 Å². The molecule has 0 spiro atoms. The van der Waals surface area contributed by atoms with E-state index in [9.17, 15) is 5.26 Å². The lowest BCUT2D eigenvalue weighted by atomic mass is 9.98. The molecule has 2 aliphatic rings. The summed E-state index contributed by atoms with van der Waals surface area (Å²) in [6, 6.07) is 3.55. The maximum atomic E-state index is 9.50. The molecule has 2 fully saturated rings. The summed E-state index contributed by atoms with van der Waals surface area (Å²) in [4.78, 5) is 2.61. The van der Waals surface area contributed by atoms with Crippen LogP contribution in [0.25, 0.3) is 0 Å². The molecular weight excluding hydrogens is 222 g/mol. The number of nitriles is 1. The van der Waals surface area contributed by atoms with E-state index in [4.69, 9.17) is 0 Å². The minimum Gasteiger partial charge on any atom is -0.300 e. The molecule has 1 N–H and O–H groups in total. The lowest BCUT2D eigenvalue weighted by Crippen LogP contribution is -2.47. The molecule has 2 rings (SSSR count). The van der Waals surface area contributed by atoms with E-state index in [1.165, 1.54) is 25.8 Å². The zero-order valence-electron chi connectivity index (χ0n) is 12.1. The van der Waals surface area contributed by atoms with E-state index in [0.29, 0.717) is 12.1 Å². The Morgan fingerprint density at radius 3 is 2.61 bits per heavy atom. The summed E-state index contributed by atoms with van der Waals surface area (Å²) in [6.07, 6.45) is 6.01. The van der Waals surface area contributed by atoms with Gasteiger partial charge in [-0.25, -0.2) is 0 Å². The number of nitrogens with one attached hydrogen (secondary N) is 1. The van der Waals surface area contributed by atoms with Crippen LogP contribution in [0.2, 0.25) is 0 Å². The number of hydrogen-bond acceptors (Lipinski definition) is 3. The quantitative estimate of drug-likeness (QED) is 0.786. The van der Waals surface area contributed by atoms with E-state index in [1.807, 2.05) is 0 Å². The van der Waals surface area contributed by atoms with E-state index in [2.05, 4.69) is 37.1 Å². The Kier molecular flexibility index (Phi) is 4.29. The Balaban J connectivity index is 1.94. The average Bonchev–Trinajstić information content (AvgIpc) is 3.06. The van der Waals surface area contributed by atoms with Gasteiger partial charge in [0.2, 0.25) is 0 Å². The Morgan fingerprint density at radius 2 is 2.11 bits per heavy atom. The molecule has 2 aliphatic carbocycles. The van der Waals surface area contributed by atoms with Crippen molar-refractivity contribution in [2.45, 2.75) is 70.5 Å². The summed E-state index contributed by atoms with van der Waals surface area (Å²) in [5.74, 6) is 0.945. The Labute approximate surface area is 112 Å². The second kappa shape index (κ2) is 5.59. The summed E-state index contributed by atoms with van der Waals surface area (Å²) in [7, 11) is 0. The van der Waals surface area contributed by atoms with Crippen LogP contribution in [0.1, 0.15) is 52.9 Å². The zero-order valence-corrected chi connectivity index (χ0v) is 12.1. The average molecular weight is 249 g/mol. The maximum Gasteiger partial charge on any atom is 0.108 e. The maximum absolute atomic E-state index is 9.50. The first-order chi connectivity index (χ1) is 8.58. The predicted molar refractivity (Wildman–Crippen MR) is 74.2 cm³/mol. The van der Waals surface area contributed by atoms with Crippen molar-refractivity contribution in [1.29, 1.82) is 5.26 Å². The van der Waals surface area contributed by atoms with Crippen LogP contribution in [0.3, 0.4) is 0 Å². The van der Waals surface area contributed by atoms with Crippen molar-refractivity contribution in [2.24, 2.45) is 5.92 Å². The van der Waals surface area contributed by atoms with Crippen LogP contribution in [0.4, 0.5) is 0 Å². The molecule has 3 nitrogen and oxygen atoms in total. The third kappa shape index (κ3) is 3.24. The first-order valence-electron chi connectivity index (χ1n) is 7.51. The van der Waals surface area contributed by atoms with Crippen molar-refractivity contribution >= 4 is 0 Å². The van der Waals surface area contributed by atoms with Crippen LogP contribution in [0, 0.1) is 17.2 Å². The zero-order chi connectivity index (χ0) is 13.2. The Bertz CT molecular complexity index is 316. The van der Waals surface area contributed by atoms with Crippen molar-refractivity contribution in [3.05, 3.63) is 0 Å². The largest absolute Gasteiger partial charge is 0.300 e. The van der Waals surface area contributed by atoms with Gasteiger partial charge in [0.15, 0.2) is 0 Å². The highest BCUT2D eigenvalue weighted by Crippen LogP contribution is 2.36. The first-order valence-corrected chi connectivity index (χ1v) is 7.51. The third-order valence-corrected chi connectivity index (χ3v) is 4.38. The van der Waals surface area contributed by atoms with Crippen molar-refractivity contribution in [3.8, 4) is 6.07 Å². The van der Waals surface area contributed by atoms with Gasteiger partial charge < -0.3 is 4.90 Å². The van der Waals surface area contributed by atoms with Crippen LogP contribution in [-0.4, -0.2) is 35.6 Å². The highest BCUT2D eigenvalue weighted by Gasteiger charge is 2.42. The van der Waals surface area contributed by atoms with E-state index >= 15 is 0 Å². The molecule has 0 aromatic carbocycles. The lowest BCUT2D eigenvalue weighted by molar-refractivity contribution is 0.192. The minimum atomic E-state index is -0.268. The SMILES string of the molecule is CCN(CC1CC1)C1CCC(C#N)(NC(C)C)C1. The fourth-order valence-corrected chi connectivity index (χ4v) is 3.32. The normalized spacial score (nSPS) is 32.1. The molecule has 0 aromatic rings. The summed E-state index contributed by atoms with van der Waals surface area (Å²) >= 11 is 0. The van der Waals surface area contributed by atoms with Gasteiger partial charge in [-0.15, -0.1) is 0 Å². The smallest absolute Gasteiger partial charge is 0.108 e. The minimum absolute atomic E-state index is 0.268. The molecule has 0 radical (unpaired) electrons. The fourth-order valence-electron chi connectivity index (χ4n) is 3.32. The van der Waals surface area contributed by atoms with Gasteiger partial charge in [-0.05, 0) is 58.4 Å². The standard InChI is InChI=1S/C15H27N3/c1-4-18(10-13-5-6-13)14-7-8-15(9-14,11-16)17-12(2)3/h12-14,17H,4-10H2,1-3H3. The summed E-state index contributed by atoms with van der Waals surface area (Å²) in [6.45, 7) is 8.90. The number of nitrogens with zero attached hydrogens (tertiary/aromatic N) is 2. The molecule has 3 heteroatoms. The van der Waals surface area contributed by atoms with Crippen LogP contribution in [0.15, 0.2) is 0 Å². The molecular formula is C15H27N3. The number of hydrogen-bond donors (Lipinski definition) is 1. The Hall–Kier alpha value is -0.590. The van der Waals surface area contributed by atoms with E-state index in [0.717, 1.165) is 25.3 Å². The van der Waals surface area contributed by atoms with Crippen molar-refractivity contribution in [2.75, 3.05) is 13.1 Å². The highest BCUT2D eigenvalue weighted by atomic mass is 15.2. The lowest BCUT2D eigenvalue weighted by Gasteiger charge is -2.30. The Morgan fingerprint density at radius 1 is 1.39 bits per heavy atom. The van der Waals surface area contributed by atoms with Gasteiger partial charge in [0, 0.05) is 18.6 Å². The topological polar surface area (TPSA) is 39.1 Å². The van der Waals surface area contributed by atoms with Gasteiger partial charge in [0.1, 0.15) is 5.54 Å².